The van der Waals surface area contributed by atoms with Gasteiger partial charge in [0.15, 0.2) is 5.78 Å². The molecule has 2 rings (SSSR count). The minimum atomic E-state index is 0.00717. The van der Waals surface area contributed by atoms with Gasteiger partial charge in [-0.2, -0.15) is 0 Å². The largest absolute Gasteiger partial charge is 0.491 e. The van der Waals surface area contributed by atoms with Gasteiger partial charge < -0.3 is 18.6 Å². The van der Waals surface area contributed by atoms with Gasteiger partial charge in [-0.15, -0.1) is 10.2 Å². The average Bonchev–Trinajstić information content (AvgIpc) is 3.16. The molecule has 0 saturated carbocycles. The zero-order valence-electron chi connectivity index (χ0n) is 16.9. The van der Waals surface area contributed by atoms with Crippen molar-refractivity contribution in [3.8, 4) is 17.2 Å². The summed E-state index contributed by atoms with van der Waals surface area (Å²) in [4.78, 5) is 10.7. The van der Waals surface area contributed by atoms with Gasteiger partial charge in [0.25, 0.3) is 0 Å². The van der Waals surface area contributed by atoms with Crippen LogP contribution in [0.4, 0.5) is 0 Å². The monoisotopic (exact) mass is 378 g/mol. The first-order chi connectivity index (χ1) is 13.1. The van der Waals surface area contributed by atoms with Gasteiger partial charge in [0.05, 0.1) is 19.8 Å². The van der Waals surface area contributed by atoms with Crippen LogP contribution in [0.1, 0.15) is 46.4 Å². The molecule has 27 heavy (non-hydrogen) atoms. The number of ketones is 1. The first kappa shape index (κ1) is 22.8. The Morgan fingerprint density at radius 2 is 1.63 bits per heavy atom. The summed E-state index contributed by atoms with van der Waals surface area (Å²) in [7, 11) is 0. The summed E-state index contributed by atoms with van der Waals surface area (Å²) in [5, 5.41) is 8.07. The number of carbonyl (C=O) groups is 1. The number of nitrogens with zero attached hydrogens (tertiary/aromatic N) is 2. The third-order valence-electron chi connectivity index (χ3n) is 3.21. The summed E-state index contributed by atoms with van der Waals surface area (Å²) in [5.41, 5.74) is 0.852. The molecule has 1 aromatic heterocycles. The second kappa shape index (κ2) is 13.0. The lowest BCUT2D eigenvalue weighted by atomic mass is 10.2. The SMILES string of the molecule is CC.CC(=O)COCCOCCOc1ccc(-c2nnc(C(C)C)o2)cc1. The van der Waals surface area contributed by atoms with Crippen molar-refractivity contribution in [2.75, 3.05) is 33.0 Å². The van der Waals surface area contributed by atoms with E-state index < -0.39 is 0 Å². The number of hydrogen-bond acceptors (Lipinski definition) is 7. The molecule has 0 amide bonds. The second-order valence-corrected chi connectivity index (χ2v) is 5.84. The molecule has 7 nitrogen and oxygen atoms in total. The van der Waals surface area contributed by atoms with Crippen LogP contribution >= 0.6 is 0 Å². The fraction of sp³-hybridized carbons (Fsp3) is 0.550. The molecule has 7 heteroatoms. The maximum Gasteiger partial charge on any atom is 0.247 e. The van der Waals surface area contributed by atoms with Crippen molar-refractivity contribution in [2.24, 2.45) is 0 Å². The highest BCUT2D eigenvalue weighted by atomic mass is 16.5. The smallest absolute Gasteiger partial charge is 0.247 e. The van der Waals surface area contributed by atoms with Gasteiger partial charge in [-0.1, -0.05) is 27.7 Å². The Kier molecular flexibility index (Phi) is 11.0. The van der Waals surface area contributed by atoms with Crippen LogP contribution < -0.4 is 4.74 Å². The molecular weight excluding hydrogens is 348 g/mol. The van der Waals surface area contributed by atoms with E-state index in [4.69, 9.17) is 18.6 Å². The lowest BCUT2D eigenvalue weighted by Gasteiger charge is -2.07. The van der Waals surface area contributed by atoms with Crippen molar-refractivity contribution in [1.29, 1.82) is 0 Å². The van der Waals surface area contributed by atoms with Crippen molar-refractivity contribution in [3.63, 3.8) is 0 Å². The van der Waals surface area contributed by atoms with Crippen LogP contribution in [-0.4, -0.2) is 49.0 Å². The van der Waals surface area contributed by atoms with Gasteiger partial charge in [-0.3, -0.25) is 4.79 Å². The Morgan fingerprint density at radius 1 is 1.00 bits per heavy atom. The van der Waals surface area contributed by atoms with E-state index in [0.29, 0.717) is 38.2 Å². The quantitative estimate of drug-likeness (QED) is 0.549. The van der Waals surface area contributed by atoms with Crippen molar-refractivity contribution in [1.82, 2.24) is 10.2 Å². The van der Waals surface area contributed by atoms with Gasteiger partial charge >= 0.3 is 0 Å². The van der Waals surface area contributed by atoms with E-state index in [1.165, 1.54) is 6.92 Å². The number of ether oxygens (including phenoxy) is 3. The fourth-order valence-corrected chi connectivity index (χ4v) is 1.93. The summed E-state index contributed by atoms with van der Waals surface area (Å²) in [6.45, 7) is 11.3. The Balaban J connectivity index is 0.00000176. The predicted molar refractivity (Wildman–Crippen MR) is 103 cm³/mol. The third-order valence-corrected chi connectivity index (χ3v) is 3.21. The van der Waals surface area contributed by atoms with Crippen molar-refractivity contribution in [3.05, 3.63) is 30.2 Å². The predicted octanol–water partition coefficient (Wildman–Crippen LogP) is 3.89. The molecule has 0 aliphatic carbocycles. The minimum Gasteiger partial charge on any atom is -0.491 e. The molecule has 0 N–H and O–H groups in total. The summed E-state index contributed by atoms with van der Waals surface area (Å²) in [5.74, 6) is 2.08. The molecule has 0 aliphatic heterocycles. The topological polar surface area (TPSA) is 83.7 Å². The molecule has 150 valence electrons. The van der Waals surface area contributed by atoms with Crippen LogP contribution in [0.5, 0.6) is 5.75 Å². The van der Waals surface area contributed by atoms with Crippen molar-refractivity contribution in [2.45, 2.75) is 40.5 Å². The van der Waals surface area contributed by atoms with Gasteiger partial charge in [-0.25, -0.2) is 0 Å². The fourth-order valence-electron chi connectivity index (χ4n) is 1.93. The molecule has 0 unspecified atom stereocenters. The highest BCUT2D eigenvalue weighted by Crippen LogP contribution is 2.23. The van der Waals surface area contributed by atoms with E-state index >= 15 is 0 Å². The number of Topliss-reactive ketones (excluding diaryl/α,β-unsaturated/α-hetero) is 1. The van der Waals surface area contributed by atoms with Crippen LogP contribution in [0.25, 0.3) is 11.5 Å². The molecule has 0 spiro atoms. The van der Waals surface area contributed by atoms with Crippen LogP contribution in [0.15, 0.2) is 28.7 Å². The maximum absolute atomic E-state index is 10.7. The van der Waals surface area contributed by atoms with Crippen LogP contribution in [0.3, 0.4) is 0 Å². The molecule has 2 aromatic rings. The highest BCUT2D eigenvalue weighted by molar-refractivity contribution is 5.76. The van der Waals surface area contributed by atoms with Gasteiger partial charge in [-0.05, 0) is 31.2 Å². The molecule has 1 aromatic carbocycles. The van der Waals surface area contributed by atoms with Crippen LogP contribution in [0, 0.1) is 0 Å². The molecule has 0 saturated heterocycles. The molecule has 0 aliphatic rings. The van der Waals surface area contributed by atoms with Crippen LogP contribution in [0.2, 0.25) is 0 Å². The first-order valence-electron chi connectivity index (χ1n) is 9.28. The summed E-state index contributed by atoms with van der Waals surface area (Å²) < 4.78 is 21.7. The van der Waals surface area contributed by atoms with E-state index in [9.17, 15) is 4.79 Å². The molecule has 0 atom stereocenters. The zero-order valence-corrected chi connectivity index (χ0v) is 16.9. The van der Waals surface area contributed by atoms with E-state index in [0.717, 1.165) is 11.3 Å². The van der Waals surface area contributed by atoms with Crippen molar-refractivity contribution >= 4 is 5.78 Å². The van der Waals surface area contributed by atoms with Gasteiger partial charge in [0, 0.05) is 11.5 Å². The highest BCUT2D eigenvalue weighted by Gasteiger charge is 2.11. The molecule has 0 fully saturated rings. The van der Waals surface area contributed by atoms with Crippen molar-refractivity contribution < 1.29 is 23.4 Å². The number of hydrogen-bond donors (Lipinski definition) is 0. The molecule has 1 heterocycles. The normalized spacial score (nSPS) is 10.4. The third kappa shape index (κ3) is 8.79. The standard InChI is InChI=1S/C18H24N2O5.C2H6/c1-13(2)17-19-20-18(25-17)15-4-6-16(7-5-15)24-11-10-22-8-9-23-12-14(3)21;1-2/h4-7,13H,8-12H2,1-3H3;1-2H3. The Labute approximate surface area is 161 Å². The van der Waals surface area contributed by atoms with E-state index in [1.54, 1.807) is 0 Å². The van der Waals surface area contributed by atoms with Gasteiger partial charge in [0.1, 0.15) is 19.0 Å². The van der Waals surface area contributed by atoms with E-state index in [1.807, 2.05) is 52.0 Å². The number of aromatic nitrogens is 2. The second-order valence-electron chi connectivity index (χ2n) is 5.84. The Morgan fingerprint density at radius 3 is 2.22 bits per heavy atom. The minimum absolute atomic E-state index is 0.00717. The van der Waals surface area contributed by atoms with Crippen LogP contribution in [-0.2, 0) is 14.3 Å². The zero-order chi connectivity index (χ0) is 20.1. The molecule has 0 radical (unpaired) electrons. The number of rotatable bonds is 11. The molecular formula is C20H30N2O5. The number of benzene rings is 1. The lowest BCUT2D eigenvalue weighted by Crippen LogP contribution is -2.13. The lowest BCUT2D eigenvalue weighted by molar-refractivity contribution is -0.122. The molecule has 0 bridgehead atoms. The van der Waals surface area contributed by atoms with Gasteiger partial charge in [0.2, 0.25) is 11.8 Å². The summed E-state index contributed by atoms with van der Waals surface area (Å²) >= 11 is 0. The summed E-state index contributed by atoms with van der Waals surface area (Å²) in [6, 6.07) is 7.46. The first-order valence-corrected chi connectivity index (χ1v) is 9.28. The summed E-state index contributed by atoms with van der Waals surface area (Å²) in [6.07, 6.45) is 0. The number of carbonyl (C=O) groups excluding carboxylic acids is 1. The van der Waals surface area contributed by atoms with E-state index in [-0.39, 0.29) is 18.3 Å². The Hall–Kier alpha value is -2.25. The average molecular weight is 378 g/mol. The maximum atomic E-state index is 10.7. The Bertz CT molecular complexity index is 653. The van der Waals surface area contributed by atoms with E-state index in [2.05, 4.69) is 10.2 Å².